The molecule has 3 aromatic carbocycles. The van der Waals surface area contributed by atoms with Crippen molar-refractivity contribution in [2.75, 3.05) is 5.32 Å². The van der Waals surface area contributed by atoms with Gasteiger partial charge in [0.05, 0.1) is 0 Å². The normalized spacial score (nSPS) is 11.3. The molecule has 0 saturated heterocycles. The molecule has 6 nitrogen and oxygen atoms in total. The molecule has 0 atom stereocenters. The van der Waals surface area contributed by atoms with Crippen LogP contribution in [-0.4, -0.2) is 16.0 Å². The van der Waals surface area contributed by atoms with Crippen molar-refractivity contribution >= 4 is 69.3 Å². The molecule has 0 radical (unpaired) electrons. The third-order valence-electron chi connectivity index (χ3n) is 6.04. The van der Waals surface area contributed by atoms with Crippen LogP contribution in [0.25, 0.3) is 40.0 Å². The van der Waals surface area contributed by atoms with Crippen LogP contribution in [-0.2, 0) is 4.79 Å². The van der Waals surface area contributed by atoms with E-state index >= 15 is 0 Å². The molecule has 5 aromatic rings. The van der Waals surface area contributed by atoms with E-state index in [1.807, 2.05) is 45.0 Å². The minimum absolute atomic E-state index is 0.155. The molecule has 0 unspecified atom stereocenters. The van der Waals surface area contributed by atoms with Crippen molar-refractivity contribution < 1.29 is 13.6 Å². The first-order valence-electron chi connectivity index (χ1n) is 12.0. The van der Waals surface area contributed by atoms with Crippen molar-refractivity contribution in [1.82, 2.24) is 10.3 Å². The molecular weight excluding hydrogens is 553 g/mol. The number of rotatable bonds is 5. The summed E-state index contributed by atoms with van der Waals surface area (Å²) in [6, 6.07) is 18.4. The second-order valence-corrected chi connectivity index (χ2v) is 10.3. The summed E-state index contributed by atoms with van der Waals surface area (Å²) < 4.78 is 11.9. The number of furan rings is 1. The van der Waals surface area contributed by atoms with E-state index in [1.54, 1.807) is 36.4 Å². The van der Waals surface area contributed by atoms with Crippen molar-refractivity contribution in [2.24, 2.45) is 0 Å². The van der Waals surface area contributed by atoms with Gasteiger partial charge in [-0.3, -0.25) is 10.1 Å². The Balaban J connectivity index is 1.25. The summed E-state index contributed by atoms with van der Waals surface area (Å²) in [7, 11) is 0. The molecule has 1 amide bonds. The Morgan fingerprint density at radius 1 is 0.974 bits per heavy atom. The molecule has 0 aliphatic rings. The fourth-order valence-corrected chi connectivity index (χ4v) is 4.99. The number of anilines is 1. The Morgan fingerprint density at radius 3 is 2.51 bits per heavy atom. The zero-order chi connectivity index (χ0) is 27.7. The van der Waals surface area contributed by atoms with Gasteiger partial charge in [0.25, 0.3) is 0 Å². The van der Waals surface area contributed by atoms with E-state index in [9.17, 15) is 4.79 Å². The Kier molecular flexibility index (Phi) is 7.57. The predicted molar refractivity (Wildman–Crippen MR) is 161 cm³/mol. The molecule has 0 aliphatic carbocycles. The zero-order valence-corrected chi connectivity index (χ0v) is 23.6. The lowest BCUT2D eigenvalue weighted by atomic mass is 10.1. The first-order chi connectivity index (χ1) is 18.7. The van der Waals surface area contributed by atoms with Crippen molar-refractivity contribution in [3.8, 4) is 22.8 Å². The minimum atomic E-state index is -0.408. The number of carbonyl (C=O) groups excluding carboxylic acids is 1. The summed E-state index contributed by atoms with van der Waals surface area (Å²) in [5, 5.41) is 6.91. The molecule has 0 fully saturated rings. The van der Waals surface area contributed by atoms with Crippen LogP contribution in [0.4, 0.5) is 5.69 Å². The van der Waals surface area contributed by atoms with Crippen LogP contribution in [0.5, 0.6) is 0 Å². The minimum Gasteiger partial charge on any atom is -0.457 e. The van der Waals surface area contributed by atoms with Gasteiger partial charge < -0.3 is 14.2 Å². The highest BCUT2D eigenvalue weighted by Gasteiger charge is 2.15. The largest absolute Gasteiger partial charge is 0.457 e. The van der Waals surface area contributed by atoms with E-state index in [0.29, 0.717) is 27.5 Å². The van der Waals surface area contributed by atoms with Crippen LogP contribution >= 0.6 is 35.4 Å². The van der Waals surface area contributed by atoms with E-state index in [4.69, 9.17) is 44.3 Å². The highest BCUT2D eigenvalue weighted by atomic mass is 35.5. The summed E-state index contributed by atoms with van der Waals surface area (Å²) in [6.45, 7) is 5.98. The van der Waals surface area contributed by atoms with Gasteiger partial charge in [0.2, 0.25) is 11.8 Å². The highest BCUT2D eigenvalue weighted by Crippen LogP contribution is 2.32. The maximum absolute atomic E-state index is 12.5. The number of aromatic nitrogens is 1. The number of amides is 1. The maximum Gasteiger partial charge on any atom is 0.250 e. The van der Waals surface area contributed by atoms with Crippen molar-refractivity contribution in [3.63, 3.8) is 0 Å². The van der Waals surface area contributed by atoms with Gasteiger partial charge in [0, 0.05) is 32.9 Å². The number of aryl methyl sites for hydroxylation is 2. The average Bonchev–Trinajstić information content (AvgIpc) is 3.51. The Morgan fingerprint density at radius 2 is 1.74 bits per heavy atom. The molecule has 0 bridgehead atoms. The fourth-order valence-electron chi connectivity index (χ4n) is 4.25. The number of halogens is 2. The van der Waals surface area contributed by atoms with Crippen LogP contribution in [0.15, 0.2) is 75.6 Å². The monoisotopic (exact) mass is 575 g/mol. The molecule has 2 heterocycles. The smallest absolute Gasteiger partial charge is 0.250 e. The zero-order valence-electron chi connectivity index (χ0n) is 21.3. The summed E-state index contributed by atoms with van der Waals surface area (Å²) >= 11 is 17.5. The van der Waals surface area contributed by atoms with E-state index in [0.717, 1.165) is 44.6 Å². The molecule has 0 spiro atoms. The van der Waals surface area contributed by atoms with Gasteiger partial charge in [-0.1, -0.05) is 35.3 Å². The molecule has 2 N–H and O–H groups in total. The van der Waals surface area contributed by atoms with Gasteiger partial charge in [-0.2, -0.15) is 0 Å². The third kappa shape index (κ3) is 6.06. The first-order valence-corrected chi connectivity index (χ1v) is 13.2. The number of oxazole rings is 1. The van der Waals surface area contributed by atoms with E-state index in [1.165, 1.54) is 6.08 Å². The summed E-state index contributed by atoms with van der Waals surface area (Å²) in [6.07, 6.45) is 2.89. The van der Waals surface area contributed by atoms with E-state index in [2.05, 4.69) is 21.7 Å². The van der Waals surface area contributed by atoms with Gasteiger partial charge in [0.1, 0.15) is 17.0 Å². The third-order valence-corrected chi connectivity index (χ3v) is 6.68. The Labute approximate surface area is 240 Å². The van der Waals surface area contributed by atoms with Crippen LogP contribution < -0.4 is 10.6 Å². The van der Waals surface area contributed by atoms with Crippen LogP contribution in [0.2, 0.25) is 10.0 Å². The number of nitrogens with zero attached hydrogens (tertiary/aromatic N) is 1. The Bertz CT molecular complexity index is 1750. The lowest BCUT2D eigenvalue weighted by Crippen LogP contribution is -2.33. The summed E-state index contributed by atoms with van der Waals surface area (Å²) in [5.41, 5.74) is 6.92. The van der Waals surface area contributed by atoms with Gasteiger partial charge in [-0.05, 0) is 104 Å². The number of thiocarbonyl (C=S) groups is 1. The highest BCUT2D eigenvalue weighted by molar-refractivity contribution is 7.80. The quantitative estimate of drug-likeness (QED) is 0.161. The Hall–Kier alpha value is -3.91. The SMILES string of the molecule is Cc1cc(C)c2oc(-c3cccc(NC(=S)NC(=O)/C=C/c4ccc(-c5cc(Cl)cc(Cl)c5)o4)c3C)nc2c1. The molecule has 9 heteroatoms. The molecule has 2 aromatic heterocycles. The molecule has 196 valence electrons. The molecule has 0 saturated carbocycles. The lowest BCUT2D eigenvalue weighted by molar-refractivity contribution is -0.115. The maximum atomic E-state index is 12.5. The van der Waals surface area contributed by atoms with E-state index in [-0.39, 0.29) is 5.11 Å². The number of hydrogen-bond donors (Lipinski definition) is 2. The van der Waals surface area contributed by atoms with Gasteiger partial charge in [0.15, 0.2) is 10.7 Å². The summed E-state index contributed by atoms with van der Waals surface area (Å²) in [5.74, 6) is 1.18. The van der Waals surface area contributed by atoms with Gasteiger partial charge in [-0.25, -0.2) is 4.98 Å². The number of nitrogens with one attached hydrogen (secondary N) is 2. The summed E-state index contributed by atoms with van der Waals surface area (Å²) in [4.78, 5) is 17.2. The van der Waals surface area contributed by atoms with Crippen molar-refractivity contribution in [1.29, 1.82) is 0 Å². The average molecular weight is 577 g/mol. The lowest BCUT2D eigenvalue weighted by Gasteiger charge is -2.12. The van der Waals surface area contributed by atoms with Crippen LogP contribution in [0.3, 0.4) is 0 Å². The van der Waals surface area contributed by atoms with Gasteiger partial charge >= 0.3 is 0 Å². The van der Waals surface area contributed by atoms with Crippen molar-refractivity contribution in [2.45, 2.75) is 20.8 Å². The number of hydrogen-bond acceptors (Lipinski definition) is 5. The van der Waals surface area contributed by atoms with Crippen molar-refractivity contribution in [3.05, 3.63) is 99.2 Å². The number of fused-ring (bicyclic) bond motifs is 1. The second kappa shape index (κ2) is 11.1. The number of carbonyl (C=O) groups is 1. The molecule has 39 heavy (non-hydrogen) atoms. The predicted octanol–water partition coefficient (Wildman–Crippen LogP) is 8.51. The molecular formula is C30H23Cl2N3O3S. The van der Waals surface area contributed by atoms with Crippen LogP contribution in [0, 0.1) is 20.8 Å². The topological polar surface area (TPSA) is 80.3 Å². The first kappa shape index (κ1) is 26.7. The van der Waals surface area contributed by atoms with Crippen LogP contribution in [0.1, 0.15) is 22.5 Å². The van der Waals surface area contributed by atoms with E-state index < -0.39 is 5.91 Å². The number of benzene rings is 3. The molecule has 0 aliphatic heterocycles. The van der Waals surface area contributed by atoms with Gasteiger partial charge in [-0.15, -0.1) is 0 Å². The second-order valence-electron chi connectivity index (χ2n) is 9.06. The standard InChI is InChI=1S/C30H23Cl2N3O3S/c1-16-11-17(2)28-25(12-16)33-29(38-28)23-5-4-6-24(18(23)3)34-30(39)35-27(36)10-8-22-7-9-26(37-22)19-13-20(31)15-21(32)14-19/h4-15H,1-3H3,(H2,34,35,36,39)/b10-8+. The fraction of sp³-hybridized carbons (Fsp3) is 0.100. The molecule has 5 rings (SSSR count).